The number of hydrogen-bond donors (Lipinski definition) is 1. The third kappa shape index (κ3) is 3.87. The fourth-order valence-corrected chi connectivity index (χ4v) is 1.27. The van der Waals surface area contributed by atoms with Gasteiger partial charge in [-0.3, -0.25) is 0 Å². The molecule has 0 heterocycles. The maximum atomic E-state index is 10.9. The predicted octanol–water partition coefficient (Wildman–Crippen LogP) is 1.51. The molecule has 0 aliphatic heterocycles. The van der Waals surface area contributed by atoms with Crippen LogP contribution in [0.5, 0.6) is 0 Å². The van der Waals surface area contributed by atoms with Crippen LogP contribution in [-0.2, 0) is 16.0 Å². The van der Waals surface area contributed by atoms with Crippen LogP contribution < -0.4 is 0 Å². The maximum Gasteiger partial charge on any atom is 0.330 e. The Bertz CT molecular complexity index is 345. The third-order valence-corrected chi connectivity index (χ3v) is 2.24. The summed E-state index contributed by atoms with van der Waals surface area (Å²) in [5.41, 5.74) is 0.979. The largest absolute Gasteiger partial charge is 0.457 e. The summed E-state index contributed by atoms with van der Waals surface area (Å²) >= 11 is 0. The van der Waals surface area contributed by atoms with Gasteiger partial charge in [0.15, 0.2) is 0 Å². The summed E-state index contributed by atoms with van der Waals surface area (Å²) in [4.78, 5) is 10.9. The van der Waals surface area contributed by atoms with Crippen molar-refractivity contribution in [2.24, 2.45) is 0 Å². The van der Waals surface area contributed by atoms with E-state index in [4.69, 9.17) is 4.74 Å². The van der Waals surface area contributed by atoms with E-state index in [1.807, 2.05) is 12.1 Å². The van der Waals surface area contributed by atoms with Crippen molar-refractivity contribution < 1.29 is 14.6 Å². The third-order valence-electron chi connectivity index (χ3n) is 2.24. The zero-order chi connectivity index (χ0) is 12.0. The van der Waals surface area contributed by atoms with Crippen molar-refractivity contribution in [2.45, 2.75) is 25.6 Å². The Labute approximate surface area is 95.4 Å². The second-order valence-electron chi connectivity index (χ2n) is 3.53. The average molecular weight is 219 g/mol. The molecule has 1 radical (unpaired) electrons. The summed E-state index contributed by atoms with van der Waals surface area (Å²) in [5.74, 6) is -0.520. The zero-order valence-electron chi connectivity index (χ0n) is 9.22. The number of aliphatic hydroxyl groups is 1. The number of aliphatic hydroxyl groups excluding tert-OH is 1. The molecule has 0 aliphatic rings. The highest BCUT2D eigenvalue weighted by atomic mass is 16.6. The van der Waals surface area contributed by atoms with Gasteiger partial charge in [-0.2, -0.15) is 0 Å². The minimum absolute atomic E-state index is 0.445. The molecule has 1 rings (SSSR count). The molecule has 3 heteroatoms. The molecule has 0 amide bonds. The van der Waals surface area contributed by atoms with Gasteiger partial charge in [-0.1, -0.05) is 30.8 Å². The zero-order valence-corrected chi connectivity index (χ0v) is 9.22. The second kappa shape index (κ2) is 6.08. The van der Waals surface area contributed by atoms with Gasteiger partial charge in [-0.25, -0.2) is 4.79 Å². The number of benzene rings is 1. The van der Waals surface area contributed by atoms with Crippen molar-refractivity contribution in [3.8, 4) is 0 Å². The fourth-order valence-electron chi connectivity index (χ4n) is 1.27. The monoisotopic (exact) mass is 219 g/mol. The Morgan fingerprint density at radius 1 is 1.62 bits per heavy atom. The van der Waals surface area contributed by atoms with Gasteiger partial charge in [0.25, 0.3) is 0 Å². The van der Waals surface area contributed by atoms with Crippen LogP contribution in [0.4, 0.5) is 0 Å². The molecule has 0 spiro atoms. The van der Waals surface area contributed by atoms with Gasteiger partial charge in [0.1, 0.15) is 6.10 Å². The molecule has 3 nitrogen and oxygen atoms in total. The molecule has 2 atom stereocenters. The Hall–Kier alpha value is -1.61. The van der Waals surface area contributed by atoms with Crippen LogP contribution in [0.2, 0.25) is 0 Å². The summed E-state index contributed by atoms with van der Waals surface area (Å²) in [6, 6.07) is 10.2. The molecule has 0 fully saturated rings. The van der Waals surface area contributed by atoms with Gasteiger partial charge < -0.3 is 9.84 Å². The number of rotatable bonds is 5. The quantitative estimate of drug-likeness (QED) is 0.603. The molecule has 85 valence electrons. The summed E-state index contributed by atoms with van der Waals surface area (Å²) in [6.07, 6.45) is 0.266. The van der Waals surface area contributed by atoms with Crippen molar-refractivity contribution in [3.05, 3.63) is 48.6 Å². The van der Waals surface area contributed by atoms with Gasteiger partial charge in [0.2, 0.25) is 0 Å². The molecular weight excluding hydrogens is 204 g/mol. The minimum atomic E-state index is -0.716. The smallest absolute Gasteiger partial charge is 0.330 e. The van der Waals surface area contributed by atoms with Crippen molar-refractivity contribution >= 4 is 5.97 Å². The first kappa shape index (κ1) is 12.5. The Balaban J connectivity index is 2.49. The van der Waals surface area contributed by atoms with E-state index >= 15 is 0 Å². The maximum absolute atomic E-state index is 10.9. The standard InChI is InChI=1S/C13H15O3/c1-3-13(15)16-10(2)12(14)9-11-7-5-4-6-8-11/h3,5-8,10,12,14H,1,9H2,2H3. The highest BCUT2D eigenvalue weighted by molar-refractivity contribution is 5.81. The van der Waals surface area contributed by atoms with Crippen LogP contribution in [0.3, 0.4) is 0 Å². The molecule has 2 unspecified atom stereocenters. The highest BCUT2D eigenvalue weighted by Crippen LogP contribution is 2.08. The summed E-state index contributed by atoms with van der Waals surface area (Å²) in [7, 11) is 0. The van der Waals surface area contributed by atoms with Crippen molar-refractivity contribution in [1.82, 2.24) is 0 Å². The minimum Gasteiger partial charge on any atom is -0.457 e. The Morgan fingerprint density at radius 3 is 2.81 bits per heavy atom. The van der Waals surface area contributed by atoms with Gasteiger partial charge >= 0.3 is 5.97 Å². The molecule has 0 bridgehead atoms. The summed E-state index contributed by atoms with van der Waals surface area (Å²) in [6.45, 7) is 4.95. The number of esters is 1. The lowest BCUT2D eigenvalue weighted by molar-refractivity contribution is -0.147. The number of hydrogen-bond acceptors (Lipinski definition) is 3. The molecule has 0 aliphatic carbocycles. The van der Waals surface area contributed by atoms with Gasteiger partial charge in [0, 0.05) is 12.5 Å². The van der Waals surface area contributed by atoms with E-state index in [9.17, 15) is 9.90 Å². The van der Waals surface area contributed by atoms with Gasteiger partial charge in [-0.15, -0.1) is 0 Å². The lowest BCUT2D eigenvalue weighted by Gasteiger charge is -2.18. The molecule has 1 N–H and O–H groups in total. The Morgan fingerprint density at radius 2 is 2.25 bits per heavy atom. The first-order valence-corrected chi connectivity index (χ1v) is 5.09. The number of ether oxygens (including phenoxy) is 1. The van der Waals surface area contributed by atoms with Gasteiger partial charge in [0.05, 0.1) is 6.10 Å². The Kier molecular flexibility index (Phi) is 4.73. The molecule has 1 aromatic carbocycles. The van der Waals surface area contributed by atoms with E-state index in [-0.39, 0.29) is 0 Å². The van der Waals surface area contributed by atoms with E-state index in [1.54, 1.807) is 19.1 Å². The summed E-state index contributed by atoms with van der Waals surface area (Å²) in [5, 5.41) is 9.79. The molecule has 0 saturated heterocycles. The summed E-state index contributed by atoms with van der Waals surface area (Å²) < 4.78 is 4.92. The second-order valence-corrected chi connectivity index (χ2v) is 3.53. The SMILES string of the molecule is C=CC(=O)OC(C)C(O)Cc1cc[c]cc1. The molecular formula is C13H15O3. The first-order chi connectivity index (χ1) is 7.63. The molecule has 16 heavy (non-hydrogen) atoms. The van der Waals surface area contributed by atoms with Crippen LogP contribution in [0.1, 0.15) is 12.5 Å². The number of carbonyl (C=O) groups excluding carboxylic acids is 1. The van der Waals surface area contributed by atoms with Crippen LogP contribution >= 0.6 is 0 Å². The van der Waals surface area contributed by atoms with Crippen LogP contribution in [0.15, 0.2) is 36.9 Å². The van der Waals surface area contributed by atoms with Crippen LogP contribution in [0.25, 0.3) is 0 Å². The van der Waals surface area contributed by atoms with E-state index < -0.39 is 18.2 Å². The fraction of sp³-hybridized carbons (Fsp3) is 0.308. The lowest BCUT2D eigenvalue weighted by Crippen LogP contribution is -2.29. The van der Waals surface area contributed by atoms with Crippen LogP contribution in [0, 0.1) is 6.07 Å². The highest BCUT2D eigenvalue weighted by Gasteiger charge is 2.17. The predicted molar refractivity (Wildman–Crippen MR) is 60.7 cm³/mol. The average Bonchev–Trinajstić information content (AvgIpc) is 2.30. The van der Waals surface area contributed by atoms with E-state index in [0.717, 1.165) is 11.6 Å². The molecule has 1 aromatic rings. The number of carbonyl (C=O) groups is 1. The lowest BCUT2D eigenvalue weighted by atomic mass is 10.0. The molecule has 0 aromatic heterocycles. The van der Waals surface area contributed by atoms with Crippen molar-refractivity contribution in [3.63, 3.8) is 0 Å². The van der Waals surface area contributed by atoms with Crippen LogP contribution in [-0.4, -0.2) is 23.3 Å². The van der Waals surface area contributed by atoms with E-state index in [0.29, 0.717) is 6.42 Å². The molecule has 0 saturated carbocycles. The van der Waals surface area contributed by atoms with E-state index in [1.165, 1.54) is 0 Å². The van der Waals surface area contributed by atoms with Gasteiger partial charge in [-0.05, 0) is 18.6 Å². The van der Waals surface area contributed by atoms with E-state index in [2.05, 4.69) is 12.6 Å². The van der Waals surface area contributed by atoms with Crippen molar-refractivity contribution in [2.75, 3.05) is 0 Å². The normalized spacial score (nSPS) is 13.9. The van der Waals surface area contributed by atoms with Crippen molar-refractivity contribution in [1.29, 1.82) is 0 Å². The topological polar surface area (TPSA) is 46.5 Å². The first-order valence-electron chi connectivity index (χ1n) is 5.09.